The van der Waals surface area contributed by atoms with Crippen molar-refractivity contribution in [3.05, 3.63) is 29.8 Å². The first-order valence-electron chi connectivity index (χ1n) is 6.84. The predicted molar refractivity (Wildman–Crippen MR) is 79.6 cm³/mol. The van der Waals surface area contributed by atoms with Gasteiger partial charge < -0.3 is 4.74 Å². The third-order valence-electron chi connectivity index (χ3n) is 3.49. The van der Waals surface area contributed by atoms with Crippen molar-refractivity contribution in [3.63, 3.8) is 0 Å². The lowest BCUT2D eigenvalue weighted by Crippen LogP contribution is -2.26. The molecule has 1 heterocycles. The van der Waals surface area contributed by atoms with Crippen LogP contribution in [0.3, 0.4) is 0 Å². The minimum absolute atomic E-state index is 0.304. The quantitative estimate of drug-likeness (QED) is 0.784. The van der Waals surface area contributed by atoms with Crippen LogP contribution >= 0.6 is 11.6 Å². The molecule has 1 atom stereocenters. The molecule has 1 saturated heterocycles. The molecule has 0 amide bonds. The Bertz CT molecular complexity index is 510. The van der Waals surface area contributed by atoms with Gasteiger partial charge in [-0.05, 0) is 42.9 Å². The van der Waals surface area contributed by atoms with E-state index in [1.54, 1.807) is 12.1 Å². The SMILES string of the molecule is O=S(=O)(NCCC1CCOC1)c1ccc(CCCl)cc1. The van der Waals surface area contributed by atoms with Crippen LogP contribution in [0.1, 0.15) is 18.4 Å². The van der Waals surface area contributed by atoms with Gasteiger partial charge in [0.25, 0.3) is 0 Å². The van der Waals surface area contributed by atoms with Gasteiger partial charge in [0.2, 0.25) is 10.0 Å². The van der Waals surface area contributed by atoms with Crippen LogP contribution in [0.5, 0.6) is 0 Å². The smallest absolute Gasteiger partial charge is 0.240 e. The zero-order chi connectivity index (χ0) is 14.4. The van der Waals surface area contributed by atoms with Crippen LogP contribution in [-0.2, 0) is 21.2 Å². The van der Waals surface area contributed by atoms with Gasteiger partial charge in [0.05, 0.1) is 4.90 Å². The van der Waals surface area contributed by atoms with Gasteiger partial charge in [-0.3, -0.25) is 0 Å². The van der Waals surface area contributed by atoms with Crippen molar-refractivity contribution >= 4 is 21.6 Å². The third-order valence-corrected chi connectivity index (χ3v) is 5.15. The first-order valence-corrected chi connectivity index (χ1v) is 8.86. The topological polar surface area (TPSA) is 55.4 Å². The first kappa shape index (κ1) is 15.8. The number of halogens is 1. The Morgan fingerprint density at radius 1 is 1.30 bits per heavy atom. The summed E-state index contributed by atoms with van der Waals surface area (Å²) in [5, 5.41) is 0. The van der Waals surface area contributed by atoms with Gasteiger partial charge in [0, 0.05) is 25.6 Å². The van der Waals surface area contributed by atoms with E-state index >= 15 is 0 Å². The maximum Gasteiger partial charge on any atom is 0.240 e. The van der Waals surface area contributed by atoms with Crippen LogP contribution in [0.4, 0.5) is 0 Å². The molecule has 112 valence electrons. The summed E-state index contributed by atoms with van der Waals surface area (Å²) >= 11 is 5.66. The zero-order valence-corrected chi connectivity index (χ0v) is 12.9. The summed E-state index contributed by atoms with van der Waals surface area (Å²) in [6.07, 6.45) is 2.59. The van der Waals surface area contributed by atoms with Crippen LogP contribution in [0.2, 0.25) is 0 Å². The third kappa shape index (κ3) is 4.45. The second-order valence-electron chi connectivity index (χ2n) is 5.00. The molecule has 1 aromatic carbocycles. The van der Waals surface area contributed by atoms with Crippen LogP contribution in [0.15, 0.2) is 29.2 Å². The van der Waals surface area contributed by atoms with E-state index in [-0.39, 0.29) is 0 Å². The second kappa shape index (κ2) is 7.41. The van der Waals surface area contributed by atoms with E-state index in [0.717, 1.165) is 38.0 Å². The molecule has 1 aliphatic rings. The predicted octanol–water partition coefficient (Wildman–Crippen LogP) is 2.17. The van der Waals surface area contributed by atoms with Gasteiger partial charge in [0.15, 0.2) is 0 Å². The molecule has 1 aliphatic heterocycles. The molecular formula is C14H20ClNO3S. The lowest BCUT2D eigenvalue weighted by Gasteiger charge is -2.10. The minimum atomic E-state index is -3.41. The average Bonchev–Trinajstić information content (AvgIpc) is 2.93. The van der Waals surface area contributed by atoms with Gasteiger partial charge in [-0.2, -0.15) is 0 Å². The molecular weight excluding hydrogens is 298 g/mol. The Morgan fingerprint density at radius 3 is 2.65 bits per heavy atom. The molecule has 2 rings (SSSR count). The minimum Gasteiger partial charge on any atom is -0.381 e. The van der Waals surface area contributed by atoms with Crippen LogP contribution in [-0.4, -0.2) is 34.1 Å². The van der Waals surface area contributed by atoms with E-state index in [9.17, 15) is 8.42 Å². The standard InChI is InChI=1S/C14H20ClNO3S/c15-8-5-12-1-3-14(4-2-12)20(17,18)16-9-6-13-7-10-19-11-13/h1-4,13,16H,5-11H2. The Hall–Kier alpha value is -0.620. The molecule has 1 aromatic rings. The van der Waals surface area contributed by atoms with Crippen LogP contribution in [0, 0.1) is 5.92 Å². The van der Waals surface area contributed by atoms with E-state index in [2.05, 4.69) is 4.72 Å². The van der Waals surface area contributed by atoms with Crippen molar-refractivity contribution < 1.29 is 13.2 Å². The molecule has 4 nitrogen and oxygen atoms in total. The molecule has 0 aromatic heterocycles. The first-order chi connectivity index (χ1) is 9.62. The summed E-state index contributed by atoms with van der Waals surface area (Å²) < 4.78 is 32.1. The summed E-state index contributed by atoms with van der Waals surface area (Å²) in [7, 11) is -3.41. The van der Waals surface area contributed by atoms with E-state index in [4.69, 9.17) is 16.3 Å². The number of sulfonamides is 1. The number of ether oxygens (including phenoxy) is 1. The summed E-state index contributed by atoms with van der Waals surface area (Å²) in [6, 6.07) is 6.87. The van der Waals surface area contributed by atoms with E-state index in [1.165, 1.54) is 0 Å². The molecule has 0 bridgehead atoms. The van der Waals surface area contributed by atoms with Crippen molar-refractivity contribution in [2.24, 2.45) is 5.92 Å². The van der Waals surface area contributed by atoms with E-state index in [0.29, 0.717) is 23.2 Å². The van der Waals surface area contributed by atoms with Gasteiger partial charge in [-0.25, -0.2) is 13.1 Å². The fourth-order valence-electron chi connectivity index (χ4n) is 2.24. The second-order valence-corrected chi connectivity index (χ2v) is 7.14. The van der Waals surface area contributed by atoms with Crippen LogP contribution in [0.25, 0.3) is 0 Å². The number of hydrogen-bond donors (Lipinski definition) is 1. The Kier molecular flexibility index (Phi) is 5.84. The van der Waals surface area contributed by atoms with Crippen molar-refractivity contribution in [2.45, 2.75) is 24.2 Å². The molecule has 1 unspecified atom stereocenters. The van der Waals surface area contributed by atoms with E-state index in [1.807, 2.05) is 12.1 Å². The number of alkyl halides is 1. The number of aryl methyl sites for hydroxylation is 1. The Morgan fingerprint density at radius 2 is 2.05 bits per heavy atom. The normalized spacial score (nSPS) is 19.4. The number of hydrogen-bond acceptors (Lipinski definition) is 3. The molecule has 0 spiro atoms. The highest BCUT2D eigenvalue weighted by molar-refractivity contribution is 7.89. The summed E-state index contributed by atoms with van der Waals surface area (Å²) in [4.78, 5) is 0.304. The average molecular weight is 318 g/mol. The van der Waals surface area contributed by atoms with Gasteiger partial charge in [-0.1, -0.05) is 12.1 Å². The molecule has 1 fully saturated rings. The summed E-state index contributed by atoms with van der Waals surface area (Å²) in [5.41, 5.74) is 1.04. The molecule has 0 radical (unpaired) electrons. The molecule has 1 N–H and O–H groups in total. The molecule has 20 heavy (non-hydrogen) atoms. The summed E-state index contributed by atoms with van der Waals surface area (Å²) in [5.74, 6) is 1.01. The van der Waals surface area contributed by atoms with Crippen molar-refractivity contribution in [2.75, 3.05) is 25.6 Å². The fourth-order valence-corrected chi connectivity index (χ4v) is 3.50. The maximum absolute atomic E-state index is 12.1. The monoisotopic (exact) mass is 317 g/mol. The summed E-state index contributed by atoms with van der Waals surface area (Å²) in [6.45, 7) is 1.99. The fraction of sp³-hybridized carbons (Fsp3) is 0.571. The number of nitrogens with one attached hydrogen (secondary N) is 1. The van der Waals surface area contributed by atoms with Gasteiger partial charge in [0.1, 0.15) is 0 Å². The highest BCUT2D eigenvalue weighted by atomic mass is 35.5. The highest BCUT2D eigenvalue weighted by Crippen LogP contribution is 2.16. The van der Waals surface area contributed by atoms with Crippen LogP contribution < -0.4 is 4.72 Å². The van der Waals surface area contributed by atoms with Crippen molar-refractivity contribution in [3.8, 4) is 0 Å². The van der Waals surface area contributed by atoms with Crippen molar-refractivity contribution in [1.29, 1.82) is 0 Å². The van der Waals surface area contributed by atoms with Gasteiger partial charge >= 0.3 is 0 Å². The maximum atomic E-state index is 12.1. The number of benzene rings is 1. The highest BCUT2D eigenvalue weighted by Gasteiger charge is 2.18. The molecule has 6 heteroatoms. The Labute approximate surface area is 125 Å². The molecule has 0 saturated carbocycles. The van der Waals surface area contributed by atoms with Gasteiger partial charge in [-0.15, -0.1) is 11.6 Å². The zero-order valence-electron chi connectivity index (χ0n) is 11.3. The largest absolute Gasteiger partial charge is 0.381 e. The lowest BCUT2D eigenvalue weighted by molar-refractivity contribution is 0.184. The Balaban J connectivity index is 1.88. The van der Waals surface area contributed by atoms with E-state index < -0.39 is 10.0 Å². The number of rotatable bonds is 7. The van der Waals surface area contributed by atoms with Crippen molar-refractivity contribution in [1.82, 2.24) is 4.72 Å². The lowest BCUT2D eigenvalue weighted by atomic mass is 10.1. The molecule has 0 aliphatic carbocycles.